The second-order valence-corrected chi connectivity index (χ2v) is 7.61. The van der Waals surface area contributed by atoms with Crippen LogP contribution in [0.1, 0.15) is 36.1 Å². The fraction of sp³-hybridized carbons (Fsp3) is 0.333. The molecule has 0 aromatic heterocycles. The Hall–Kier alpha value is -2.92. The van der Waals surface area contributed by atoms with Gasteiger partial charge in [0.1, 0.15) is 5.76 Å². The third-order valence-electron chi connectivity index (χ3n) is 5.30. The number of rotatable bonds is 7. The molecular formula is C24H28N2O3. The van der Waals surface area contributed by atoms with E-state index in [0.29, 0.717) is 12.1 Å². The minimum atomic E-state index is -0.624. The molecule has 0 aliphatic carbocycles. The average Bonchev–Trinajstić information content (AvgIpc) is 2.98. The van der Waals surface area contributed by atoms with Gasteiger partial charge in [0.05, 0.1) is 11.6 Å². The van der Waals surface area contributed by atoms with Gasteiger partial charge in [0.25, 0.3) is 11.7 Å². The molecule has 152 valence electrons. The lowest BCUT2D eigenvalue weighted by Crippen LogP contribution is -2.32. The molecule has 1 aliphatic heterocycles. The van der Waals surface area contributed by atoms with Crippen LogP contribution in [0.5, 0.6) is 0 Å². The molecule has 1 aliphatic rings. The molecule has 1 amide bonds. The van der Waals surface area contributed by atoms with E-state index in [0.717, 1.165) is 30.5 Å². The van der Waals surface area contributed by atoms with E-state index in [4.69, 9.17) is 0 Å². The fourth-order valence-electron chi connectivity index (χ4n) is 3.70. The molecule has 0 radical (unpaired) electrons. The standard InChI is InChI=1S/C24H28N2O3/c1-4-17-11-13-19(14-12-17)22(27)20-21(18-9-6-5-7-10-18)26(24(29)23(20)28)16-8-15-25(2)3/h5-7,9-14,21,27H,4,8,15-16H2,1-3H3/b22-20-. The van der Waals surface area contributed by atoms with Gasteiger partial charge in [-0.1, -0.05) is 61.5 Å². The maximum Gasteiger partial charge on any atom is 0.295 e. The zero-order valence-electron chi connectivity index (χ0n) is 17.3. The van der Waals surface area contributed by atoms with Crippen molar-refractivity contribution >= 4 is 17.4 Å². The molecule has 2 aromatic rings. The Morgan fingerprint density at radius 1 is 1.03 bits per heavy atom. The van der Waals surface area contributed by atoms with Crippen molar-refractivity contribution in [3.63, 3.8) is 0 Å². The molecular weight excluding hydrogens is 364 g/mol. The highest BCUT2D eigenvalue weighted by molar-refractivity contribution is 6.46. The molecule has 1 saturated heterocycles. The highest BCUT2D eigenvalue weighted by Crippen LogP contribution is 2.39. The minimum Gasteiger partial charge on any atom is -0.507 e. The molecule has 5 nitrogen and oxygen atoms in total. The number of carbonyl (C=O) groups excluding carboxylic acids is 2. The summed E-state index contributed by atoms with van der Waals surface area (Å²) in [5.74, 6) is -1.29. The lowest BCUT2D eigenvalue weighted by Gasteiger charge is -2.26. The van der Waals surface area contributed by atoms with Crippen molar-refractivity contribution in [2.45, 2.75) is 25.8 Å². The fourth-order valence-corrected chi connectivity index (χ4v) is 3.70. The van der Waals surface area contributed by atoms with Crippen LogP contribution in [0.3, 0.4) is 0 Å². The Bertz CT molecular complexity index is 901. The first kappa shape index (κ1) is 20.8. The van der Waals surface area contributed by atoms with Crippen molar-refractivity contribution < 1.29 is 14.7 Å². The van der Waals surface area contributed by atoms with E-state index >= 15 is 0 Å². The number of likely N-dealkylation sites (tertiary alicyclic amines) is 1. The number of benzene rings is 2. The van der Waals surface area contributed by atoms with Crippen LogP contribution < -0.4 is 0 Å². The van der Waals surface area contributed by atoms with E-state index in [2.05, 4.69) is 6.92 Å². The second kappa shape index (κ2) is 9.05. The Morgan fingerprint density at radius 2 is 1.69 bits per heavy atom. The first-order valence-electron chi connectivity index (χ1n) is 10.0. The summed E-state index contributed by atoms with van der Waals surface area (Å²) in [4.78, 5) is 29.4. The lowest BCUT2D eigenvalue weighted by molar-refractivity contribution is -0.139. The Kier molecular flexibility index (Phi) is 6.49. The molecule has 29 heavy (non-hydrogen) atoms. The predicted molar refractivity (Wildman–Crippen MR) is 114 cm³/mol. The smallest absolute Gasteiger partial charge is 0.295 e. The Labute approximate surface area is 172 Å². The number of hydrogen-bond donors (Lipinski definition) is 1. The van der Waals surface area contributed by atoms with Crippen LogP contribution in [0, 0.1) is 0 Å². The third-order valence-corrected chi connectivity index (χ3v) is 5.30. The van der Waals surface area contributed by atoms with Crippen molar-refractivity contribution in [3.8, 4) is 0 Å². The van der Waals surface area contributed by atoms with E-state index in [1.807, 2.05) is 61.5 Å². The van der Waals surface area contributed by atoms with Crippen molar-refractivity contribution in [2.24, 2.45) is 0 Å². The summed E-state index contributed by atoms with van der Waals surface area (Å²) in [6.07, 6.45) is 1.63. The molecule has 3 rings (SSSR count). The van der Waals surface area contributed by atoms with Gasteiger partial charge in [-0.05, 0) is 44.6 Å². The van der Waals surface area contributed by atoms with Gasteiger partial charge in [0.15, 0.2) is 0 Å². The lowest BCUT2D eigenvalue weighted by atomic mass is 9.95. The van der Waals surface area contributed by atoms with Crippen LogP contribution >= 0.6 is 0 Å². The maximum absolute atomic E-state index is 12.9. The summed E-state index contributed by atoms with van der Waals surface area (Å²) in [7, 11) is 3.95. The van der Waals surface area contributed by atoms with Crippen molar-refractivity contribution in [3.05, 3.63) is 76.9 Å². The Balaban J connectivity index is 2.05. The van der Waals surface area contributed by atoms with Gasteiger partial charge >= 0.3 is 0 Å². The van der Waals surface area contributed by atoms with Gasteiger partial charge < -0.3 is 14.9 Å². The van der Waals surface area contributed by atoms with Gasteiger partial charge in [-0.25, -0.2) is 0 Å². The van der Waals surface area contributed by atoms with Gasteiger partial charge in [-0.15, -0.1) is 0 Å². The van der Waals surface area contributed by atoms with Crippen LogP contribution in [0.2, 0.25) is 0 Å². The number of aliphatic hydroxyl groups excluding tert-OH is 1. The number of aliphatic hydroxyl groups is 1. The predicted octanol–water partition coefficient (Wildman–Crippen LogP) is 3.62. The highest BCUT2D eigenvalue weighted by Gasteiger charge is 2.45. The molecule has 0 bridgehead atoms. The molecule has 1 unspecified atom stereocenters. The SMILES string of the molecule is CCc1ccc(/C(O)=C2/C(=O)C(=O)N(CCCN(C)C)C2c2ccccc2)cc1. The first-order valence-corrected chi connectivity index (χ1v) is 10.0. The number of ketones is 1. The van der Waals surface area contributed by atoms with Crippen LogP contribution in [-0.2, 0) is 16.0 Å². The van der Waals surface area contributed by atoms with Crippen LogP contribution in [0.25, 0.3) is 5.76 Å². The normalized spacial score (nSPS) is 18.6. The van der Waals surface area contributed by atoms with Crippen LogP contribution in [0.4, 0.5) is 0 Å². The van der Waals surface area contributed by atoms with Crippen molar-refractivity contribution in [1.29, 1.82) is 0 Å². The molecule has 5 heteroatoms. The molecule has 1 atom stereocenters. The van der Waals surface area contributed by atoms with Crippen LogP contribution in [0.15, 0.2) is 60.2 Å². The third kappa shape index (κ3) is 4.40. The zero-order valence-corrected chi connectivity index (χ0v) is 17.3. The summed E-state index contributed by atoms with van der Waals surface area (Å²) >= 11 is 0. The number of carbonyl (C=O) groups is 2. The first-order chi connectivity index (χ1) is 13.9. The van der Waals surface area contributed by atoms with E-state index in [1.165, 1.54) is 0 Å². The van der Waals surface area contributed by atoms with Crippen molar-refractivity contribution in [2.75, 3.05) is 27.2 Å². The topological polar surface area (TPSA) is 60.9 Å². The summed E-state index contributed by atoms with van der Waals surface area (Å²) in [6, 6.07) is 16.3. The quantitative estimate of drug-likeness (QED) is 0.444. The molecule has 1 N–H and O–H groups in total. The molecule has 0 spiro atoms. The number of aryl methyl sites for hydroxylation is 1. The Morgan fingerprint density at radius 3 is 2.28 bits per heavy atom. The molecule has 2 aromatic carbocycles. The van der Waals surface area contributed by atoms with E-state index in [-0.39, 0.29) is 11.3 Å². The van der Waals surface area contributed by atoms with E-state index in [1.54, 1.807) is 17.0 Å². The minimum absolute atomic E-state index is 0.116. The average molecular weight is 392 g/mol. The number of amides is 1. The number of Topliss-reactive ketones (excluding diaryl/α,β-unsaturated/α-hetero) is 1. The van der Waals surface area contributed by atoms with Gasteiger partial charge in [0.2, 0.25) is 0 Å². The molecule has 0 saturated carbocycles. The summed E-state index contributed by atoms with van der Waals surface area (Å²) in [6.45, 7) is 3.32. The zero-order chi connectivity index (χ0) is 21.0. The van der Waals surface area contributed by atoms with Crippen LogP contribution in [-0.4, -0.2) is 53.8 Å². The number of nitrogens with zero attached hydrogens (tertiary/aromatic N) is 2. The van der Waals surface area contributed by atoms with Gasteiger partial charge in [-0.3, -0.25) is 9.59 Å². The second-order valence-electron chi connectivity index (χ2n) is 7.61. The molecule has 1 fully saturated rings. The van der Waals surface area contributed by atoms with Gasteiger partial charge in [-0.2, -0.15) is 0 Å². The largest absolute Gasteiger partial charge is 0.507 e. The van der Waals surface area contributed by atoms with Crippen molar-refractivity contribution in [1.82, 2.24) is 9.80 Å². The van der Waals surface area contributed by atoms with E-state index in [9.17, 15) is 14.7 Å². The summed E-state index contributed by atoms with van der Waals surface area (Å²) in [5, 5.41) is 11.0. The monoisotopic (exact) mass is 392 g/mol. The molecule has 1 heterocycles. The van der Waals surface area contributed by atoms with E-state index < -0.39 is 17.7 Å². The maximum atomic E-state index is 12.9. The summed E-state index contributed by atoms with van der Waals surface area (Å²) in [5.41, 5.74) is 2.68. The summed E-state index contributed by atoms with van der Waals surface area (Å²) < 4.78 is 0. The highest BCUT2D eigenvalue weighted by atomic mass is 16.3. The number of hydrogen-bond acceptors (Lipinski definition) is 4. The van der Waals surface area contributed by atoms with Gasteiger partial charge in [0, 0.05) is 12.1 Å².